The Labute approximate surface area is 127 Å². The first-order valence-corrected chi connectivity index (χ1v) is 7.21. The number of urea groups is 1. The van der Waals surface area contributed by atoms with Crippen molar-refractivity contribution in [2.24, 2.45) is 5.92 Å². The van der Waals surface area contributed by atoms with Gasteiger partial charge < -0.3 is 10.6 Å². The maximum Gasteiger partial charge on any atom is 0.319 e. The van der Waals surface area contributed by atoms with Crippen LogP contribution in [0.1, 0.15) is 24.4 Å². The average molecular weight is 302 g/mol. The molecular formula is C17H16F2N2O. The van der Waals surface area contributed by atoms with Crippen molar-refractivity contribution in [3.63, 3.8) is 0 Å². The summed E-state index contributed by atoms with van der Waals surface area (Å²) in [6.07, 6.45) is 2.07. The lowest BCUT2D eigenvalue weighted by molar-refractivity contribution is 0.247. The number of nitrogens with one attached hydrogen (secondary N) is 2. The number of hydrogen-bond donors (Lipinski definition) is 2. The Hall–Kier alpha value is -2.43. The van der Waals surface area contributed by atoms with Gasteiger partial charge >= 0.3 is 6.03 Å². The van der Waals surface area contributed by atoms with E-state index in [9.17, 15) is 13.6 Å². The largest absolute Gasteiger partial charge is 0.331 e. The van der Waals surface area contributed by atoms with Crippen LogP contribution in [0.5, 0.6) is 0 Å². The van der Waals surface area contributed by atoms with Gasteiger partial charge in [0.25, 0.3) is 0 Å². The molecule has 1 unspecified atom stereocenters. The lowest BCUT2D eigenvalue weighted by atomic mass is 10.0. The van der Waals surface area contributed by atoms with Gasteiger partial charge in [0, 0.05) is 0 Å². The normalized spacial score (nSPS) is 15.2. The summed E-state index contributed by atoms with van der Waals surface area (Å²) in [6, 6.07) is 12.3. The van der Waals surface area contributed by atoms with Crippen molar-refractivity contribution in [1.82, 2.24) is 5.32 Å². The molecule has 2 aromatic rings. The molecular weight excluding hydrogens is 286 g/mol. The molecule has 0 radical (unpaired) electrons. The third-order valence-corrected chi connectivity index (χ3v) is 3.74. The number of halogens is 2. The molecule has 1 atom stereocenters. The van der Waals surface area contributed by atoms with Gasteiger partial charge in [0.1, 0.15) is 17.3 Å². The Morgan fingerprint density at radius 1 is 1.00 bits per heavy atom. The van der Waals surface area contributed by atoms with Gasteiger partial charge in [-0.25, -0.2) is 13.6 Å². The van der Waals surface area contributed by atoms with Crippen LogP contribution in [0.2, 0.25) is 0 Å². The van der Waals surface area contributed by atoms with Crippen LogP contribution in [-0.4, -0.2) is 6.03 Å². The molecule has 2 N–H and O–H groups in total. The molecule has 2 aromatic carbocycles. The summed E-state index contributed by atoms with van der Waals surface area (Å²) in [5.41, 5.74) is 0.566. The molecule has 1 saturated carbocycles. The Morgan fingerprint density at radius 2 is 1.64 bits per heavy atom. The number of amides is 2. The van der Waals surface area contributed by atoms with E-state index in [2.05, 4.69) is 10.6 Å². The van der Waals surface area contributed by atoms with E-state index < -0.39 is 23.4 Å². The molecule has 3 nitrogen and oxygen atoms in total. The fourth-order valence-corrected chi connectivity index (χ4v) is 2.47. The lowest BCUT2D eigenvalue weighted by Gasteiger charge is -2.19. The molecule has 22 heavy (non-hydrogen) atoms. The van der Waals surface area contributed by atoms with Crippen LogP contribution >= 0.6 is 0 Å². The van der Waals surface area contributed by atoms with Gasteiger partial charge in [0.05, 0.1) is 6.04 Å². The number of hydrogen-bond acceptors (Lipinski definition) is 1. The van der Waals surface area contributed by atoms with Crippen molar-refractivity contribution in [3.05, 3.63) is 65.7 Å². The first-order chi connectivity index (χ1) is 10.6. The first kappa shape index (κ1) is 14.5. The molecule has 2 amide bonds. The van der Waals surface area contributed by atoms with E-state index in [1.54, 1.807) is 0 Å². The van der Waals surface area contributed by atoms with Gasteiger partial charge in [-0.2, -0.15) is 0 Å². The van der Waals surface area contributed by atoms with Crippen LogP contribution in [-0.2, 0) is 0 Å². The minimum Gasteiger partial charge on any atom is -0.331 e. The van der Waals surface area contributed by atoms with Crippen molar-refractivity contribution < 1.29 is 13.6 Å². The van der Waals surface area contributed by atoms with Gasteiger partial charge in [-0.3, -0.25) is 0 Å². The van der Waals surface area contributed by atoms with Crippen LogP contribution in [0.4, 0.5) is 19.3 Å². The molecule has 5 heteroatoms. The predicted octanol–water partition coefficient (Wildman–Crippen LogP) is 4.24. The maximum absolute atomic E-state index is 13.6. The summed E-state index contributed by atoms with van der Waals surface area (Å²) >= 11 is 0. The van der Waals surface area contributed by atoms with Crippen LogP contribution < -0.4 is 10.6 Å². The van der Waals surface area contributed by atoms with E-state index in [0.29, 0.717) is 5.92 Å². The zero-order valence-corrected chi connectivity index (χ0v) is 11.9. The van der Waals surface area contributed by atoms with Crippen LogP contribution in [0.25, 0.3) is 0 Å². The van der Waals surface area contributed by atoms with Crippen molar-refractivity contribution in [2.75, 3.05) is 5.32 Å². The summed E-state index contributed by atoms with van der Waals surface area (Å²) in [5, 5.41) is 5.08. The summed E-state index contributed by atoms with van der Waals surface area (Å²) < 4.78 is 27.1. The average Bonchev–Trinajstić information content (AvgIpc) is 3.34. The molecule has 0 aliphatic heterocycles. The Morgan fingerprint density at radius 3 is 2.23 bits per heavy atom. The number of carbonyl (C=O) groups is 1. The summed E-state index contributed by atoms with van der Waals surface area (Å²) in [7, 11) is 0. The Bertz CT molecular complexity index is 651. The highest BCUT2D eigenvalue weighted by atomic mass is 19.1. The highest BCUT2D eigenvalue weighted by Gasteiger charge is 2.33. The van der Waals surface area contributed by atoms with Crippen LogP contribution in [0.3, 0.4) is 0 Å². The molecule has 3 rings (SSSR count). The predicted molar refractivity (Wildman–Crippen MR) is 80.4 cm³/mol. The molecule has 1 fully saturated rings. The van der Waals surface area contributed by atoms with Crippen molar-refractivity contribution in [3.8, 4) is 0 Å². The lowest BCUT2D eigenvalue weighted by Crippen LogP contribution is -2.34. The summed E-state index contributed by atoms with van der Waals surface area (Å²) in [4.78, 5) is 12.1. The van der Waals surface area contributed by atoms with E-state index in [-0.39, 0.29) is 6.04 Å². The molecule has 0 spiro atoms. The van der Waals surface area contributed by atoms with E-state index in [1.165, 1.54) is 6.07 Å². The SMILES string of the molecule is O=C(Nc1c(F)cccc1F)NC(c1ccccc1)C1CC1. The fourth-order valence-electron chi connectivity index (χ4n) is 2.47. The van der Waals surface area contributed by atoms with E-state index in [0.717, 1.165) is 30.5 Å². The Balaban J connectivity index is 1.72. The highest BCUT2D eigenvalue weighted by Crippen LogP contribution is 2.40. The van der Waals surface area contributed by atoms with Gasteiger partial charge in [-0.15, -0.1) is 0 Å². The number of anilines is 1. The smallest absolute Gasteiger partial charge is 0.319 e. The van der Waals surface area contributed by atoms with Crippen molar-refractivity contribution >= 4 is 11.7 Å². The van der Waals surface area contributed by atoms with Crippen LogP contribution in [0, 0.1) is 17.6 Å². The second kappa shape index (κ2) is 6.13. The number of rotatable bonds is 4. The highest BCUT2D eigenvalue weighted by molar-refractivity contribution is 5.89. The molecule has 1 aliphatic carbocycles. The molecule has 1 aliphatic rings. The second-order valence-corrected chi connectivity index (χ2v) is 5.42. The maximum atomic E-state index is 13.6. The Kier molecular flexibility index (Phi) is 4.04. The van der Waals surface area contributed by atoms with Gasteiger partial charge in [0.2, 0.25) is 0 Å². The van der Waals surface area contributed by atoms with Gasteiger partial charge in [0.15, 0.2) is 0 Å². The molecule has 0 heterocycles. The van der Waals surface area contributed by atoms with Crippen molar-refractivity contribution in [2.45, 2.75) is 18.9 Å². The van der Waals surface area contributed by atoms with Gasteiger partial charge in [-0.05, 0) is 36.5 Å². The zero-order chi connectivity index (χ0) is 15.5. The molecule has 0 saturated heterocycles. The quantitative estimate of drug-likeness (QED) is 0.871. The van der Waals surface area contributed by atoms with Crippen molar-refractivity contribution in [1.29, 1.82) is 0 Å². The molecule has 114 valence electrons. The minimum absolute atomic E-state index is 0.143. The molecule has 0 aromatic heterocycles. The third kappa shape index (κ3) is 3.24. The van der Waals surface area contributed by atoms with E-state index >= 15 is 0 Å². The van der Waals surface area contributed by atoms with E-state index in [1.807, 2.05) is 30.3 Å². The first-order valence-electron chi connectivity index (χ1n) is 7.21. The zero-order valence-electron chi connectivity index (χ0n) is 11.9. The van der Waals surface area contributed by atoms with Crippen LogP contribution in [0.15, 0.2) is 48.5 Å². The number of carbonyl (C=O) groups excluding carboxylic acids is 1. The second-order valence-electron chi connectivity index (χ2n) is 5.42. The topological polar surface area (TPSA) is 41.1 Å². The number of para-hydroxylation sites is 1. The molecule has 0 bridgehead atoms. The fraction of sp³-hybridized carbons (Fsp3) is 0.235. The number of benzene rings is 2. The van der Waals surface area contributed by atoms with Gasteiger partial charge in [-0.1, -0.05) is 36.4 Å². The summed E-state index contributed by atoms with van der Waals surface area (Å²) in [6.45, 7) is 0. The minimum atomic E-state index is -0.794. The summed E-state index contributed by atoms with van der Waals surface area (Å²) in [5.74, 6) is -1.21. The third-order valence-electron chi connectivity index (χ3n) is 3.74. The monoisotopic (exact) mass is 302 g/mol. The standard InChI is InChI=1S/C17H16F2N2O/c18-13-7-4-8-14(19)16(13)21-17(22)20-15(12-9-10-12)11-5-2-1-3-6-11/h1-8,12,15H,9-10H2,(H2,20,21,22). The van der Waals surface area contributed by atoms with E-state index in [4.69, 9.17) is 0 Å².